The smallest absolute Gasteiger partial charge is 0.394 e. The van der Waals surface area contributed by atoms with Crippen molar-refractivity contribution in [3.05, 3.63) is 35.9 Å². The fourth-order valence-corrected chi connectivity index (χ4v) is 4.07. The summed E-state index contributed by atoms with van der Waals surface area (Å²) < 4.78 is 39.4. The van der Waals surface area contributed by atoms with Gasteiger partial charge < -0.3 is 10.0 Å². The second kappa shape index (κ2) is 7.88. The van der Waals surface area contributed by atoms with Crippen molar-refractivity contribution < 1.29 is 27.9 Å². The van der Waals surface area contributed by atoms with Gasteiger partial charge in [-0.2, -0.15) is 13.2 Å². The van der Waals surface area contributed by atoms with E-state index in [1.54, 1.807) is 0 Å². The molecule has 1 amide bonds. The molecule has 1 aromatic carbocycles. The lowest BCUT2D eigenvalue weighted by atomic mass is 9.96. The van der Waals surface area contributed by atoms with E-state index in [1.807, 2.05) is 30.3 Å². The highest BCUT2D eigenvalue weighted by molar-refractivity contribution is 5.81. The maximum absolute atomic E-state index is 13.1. The van der Waals surface area contributed by atoms with E-state index in [-0.39, 0.29) is 18.4 Å². The number of rotatable bonds is 4. The summed E-state index contributed by atoms with van der Waals surface area (Å²) in [6.07, 6.45) is -3.21. The van der Waals surface area contributed by atoms with Crippen molar-refractivity contribution in [2.24, 2.45) is 17.8 Å². The molecule has 27 heavy (non-hydrogen) atoms. The van der Waals surface area contributed by atoms with E-state index < -0.39 is 30.5 Å². The minimum Gasteiger partial charge on any atom is -0.481 e. The summed E-state index contributed by atoms with van der Waals surface area (Å²) in [6, 6.07) is 9.80. The number of benzene rings is 1. The molecule has 0 saturated carbocycles. The number of carboxylic acid groups (broad SMARTS) is 1. The number of alkyl halides is 3. The molecule has 0 bridgehead atoms. The maximum atomic E-state index is 13.1. The van der Waals surface area contributed by atoms with Gasteiger partial charge in [-0.15, -0.1) is 0 Å². The van der Waals surface area contributed by atoms with Crippen LogP contribution in [0.4, 0.5) is 13.2 Å². The van der Waals surface area contributed by atoms with E-state index in [0.29, 0.717) is 19.5 Å². The Balaban J connectivity index is 1.64. The van der Waals surface area contributed by atoms with Crippen molar-refractivity contribution in [1.82, 2.24) is 9.80 Å². The van der Waals surface area contributed by atoms with Crippen molar-refractivity contribution in [2.75, 3.05) is 26.2 Å². The van der Waals surface area contributed by atoms with E-state index in [4.69, 9.17) is 5.11 Å². The number of aliphatic carboxylic acids is 1. The summed E-state index contributed by atoms with van der Waals surface area (Å²) in [5.74, 6) is -5.82. The normalized spacial score (nSPS) is 26.9. The monoisotopic (exact) mass is 384 g/mol. The number of nitrogens with zero attached hydrogens (tertiary/aromatic N) is 2. The van der Waals surface area contributed by atoms with Gasteiger partial charge in [-0.25, -0.2) is 0 Å². The fourth-order valence-electron chi connectivity index (χ4n) is 4.07. The molecule has 0 spiro atoms. The highest BCUT2D eigenvalue weighted by Crippen LogP contribution is 2.38. The number of likely N-dealkylation sites (tertiary alicyclic amines) is 2. The number of amides is 1. The summed E-state index contributed by atoms with van der Waals surface area (Å²) >= 11 is 0. The topological polar surface area (TPSA) is 60.9 Å². The Morgan fingerprint density at radius 3 is 2.41 bits per heavy atom. The molecule has 1 N–H and O–H groups in total. The lowest BCUT2D eigenvalue weighted by Crippen LogP contribution is -2.44. The van der Waals surface area contributed by atoms with Crippen LogP contribution in [-0.4, -0.2) is 59.1 Å². The zero-order valence-electron chi connectivity index (χ0n) is 14.9. The molecule has 1 aromatic rings. The van der Waals surface area contributed by atoms with Crippen LogP contribution in [0.2, 0.25) is 0 Å². The van der Waals surface area contributed by atoms with Crippen LogP contribution in [0, 0.1) is 17.8 Å². The number of carbonyl (C=O) groups is 2. The van der Waals surface area contributed by atoms with Crippen LogP contribution < -0.4 is 0 Å². The number of piperidine rings is 1. The average Bonchev–Trinajstić information content (AvgIpc) is 3.08. The molecular formula is C19H23F3N2O3. The molecule has 5 nitrogen and oxygen atoms in total. The standard InChI is InChI=1S/C19H23F3N2O3/c20-19(21,22)16-12-24(11-15(16)18(26)27)17(25)14-7-4-8-23(10-14)9-13-5-2-1-3-6-13/h1-3,5-6,14-16H,4,7-12H2,(H,26,27)/t14?,15-,16-/m1/s1. The van der Waals surface area contributed by atoms with Gasteiger partial charge in [0.25, 0.3) is 0 Å². The summed E-state index contributed by atoms with van der Waals surface area (Å²) in [4.78, 5) is 27.2. The summed E-state index contributed by atoms with van der Waals surface area (Å²) in [6.45, 7) is 1.08. The van der Waals surface area contributed by atoms with Crippen molar-refractivity contribution in [3.63, 3.8) is 0 Å². The molecule has 2 saturated heterocycles. The van der Waals surface area contributed by atoms with E-state index in [2.05, 4.69) is 4.90 Å². The summed E-state index contributed by atoms with van der Waals surface area (Å²) in [5, 5.41) is 9.12. The van der Waals surface area contributed by atoms with Crippen LogP contribution in [0.5, 0.6) is 0 Å². The molecule has 148 valence electrons. The highest BCUT2D eigenvalue weighted by Gasteiger charge is 2.54. The Hall–Kier alpha value is -2.09. The minimum atomic E-state index is -4.62. The van der Waals surface area contributed by atoms with E-state index in [0.717, 1.165) is 23.4 Å². The average molecular weight is 384 g/mol. The Labute approximate surface area is 155 Å². The van der Waals surface area contributed by atoms with Crippen LogP contribution >= 0.6 is 0 Å². The van der Waals surface area contributed by atoms with Crippen molar-refractivity contribution in [3.8, 4) is 0 Å². The van der Waals surface area contributed by atoms with E-state index >= 15 is 0 Å². The van der Waals surface area contributed by atoms with Gasteiger partial charge in [0.15, 0.2) is 0 Å². The van der Waals surface area contributed by atoms with Gasteiger partial charge in [-0.3, -0.25) is 14.5 Å². The third kappa shape index (κ3) is 4.61. The Bertz CT molecular complexity index is 681. The lowest BCUT2D eigenvalue weighted by Gasteiger charge is -2.34. The molecule has 2 aliphatic heterocycles. The van der Waals surface area contributed by atoms with Gasteiger partial charge in [-0.1, -0.05) is 30.3 Å². The van der Waals surface area contributed by atoms with Crippen LogP contribution in [0.3, 0.4) is 0 Å². The largest absolute Gasteiger partial charge is 0.481 e. The Kier molecular flexibility index (Phi) is 5.74. The lowest BCUT2D eigenvalue weighted by molar-refractivity contribution is -0.188. The first-order chi connectivity index (χ1) is 12.8. The SMILES string of the molecule is O=C(O)[C@@H]1CN(C(=O)C2CCCN(Cc3ccccc3)C2)C[C@H]1C(F)(F)F. The first-order valence-electron chi connectivity index (χ1n) is 9.10. The number of carbonyl (C=O) groups excluding carboxylic acids is 1. The second-order valence-electron chi connectivity index (χ2n) is 7.40. The van der Waals surface area contributed by atoms with Crippen molar-refractivity contribution in [2.45, 2.75) is 25.6 Å². The van der Waals surface area contributed by atoms with E-state index in [1.165, 1.54) is 0 Å². The Morgan fingerprint density at radius 1 is 1.11 bits per heavy atom. The molecule has 0 radical (unpaired) electrons. The number of halogens is 3. The molecule has 2 aliphatic rings. The number of carboxylic acids is 1. The van der Waals surface area contributed by atoms with Gasteiger partial charge in [0.05, 0.1) is 17.8 Å². The van der Waals surface area contributed by atoms with Gasteiger partial charge in [0.2, 0.25) is 5.91 Å². The van der Waals surface area contributed by atoms with Crippen LogP contribution in [0.25, 0.3) is 0 Å². The molecule has 0 aromatic heterocycles. The van der Waals surface area contributed by atoms with Crippen molar-refractivity contribution >= 4 is 11.9 Å². The first-order valence-corrected chi connectivity index (χ1v) is 9.10. The minimum absolute atomic E-state index is 0.356. The highest BCUT2D eigenvalue weighted by atomic mass is 19.4. The number of hydrogen-bond donors (Lipinski definition) is 1. The predicted molar refractivity (Wildman–Crippen MR) is 91.7 cm³/mol. The summed E-state index contributed by atoms with van der Waals surface area (Å²) in [5.41, 5.74) is 1.12. The fraction of sp³-hybridized carbons (Fsp3) is 0.579. The van der Waals surface area contributed by atoms with Crippen molar-refractivity contribution in [1.29, 1.82) is 0 Å². The molecule has 1 unspecified atom stereocenters. The quantitative estimate of drug-likeness (QED) is 0.867. The molecule has 2 heterocycles. The predicted octanol–water partition coefficient (Wildman–Crippen LogP) is 2.62. The summed E-state index contributed by atoms with van der Waals surface area (Å²) in [7, 11) is 0. The third-order valence-electron chi connectivity index (χ3n) is 5.47. The maximum Gasteiger partial charge on any atom is 0.394 e. The number of hydrogen-bond acceptors (Lipinski definition) is 3. The molecular weight excluding hydrogens is 361 g/mol. The molecule has 0 aliphatic carbocycles. The van der Waals surface area contributed by atoms with Gasteiger partial charge in [-0.05, 0) is 24.9 Å². The van der Waals surface area contributed by atoms with E-state index in [9.17, 15) is 22.8 Å². The zero-order chi connectivity index (χ0) is 19.6. The molecule has 8 heteroatoms. The third-order valence-corrected chi connectivity index (χ3v) is 5.47. The van der Waals surface area contributed by atoms with Gasteiger partial charge in [0.1, 0.15) is 0 Å². The first kappa shape index (κ1) is 19.7. The molecule has 3 rings (SSSR count). The molecule has 3 atom stereocenters. The second-order valence-corrected chi connectivity index (χ2v) is 7.40. The Morgan fingerprint density at radius 2 is 1.81 bits per heavy atom. The molecule has 2 fully saturated rings. The zero-order valence-corrected chi connectivity index (χ0v) is 14.9. The van der Waals surface area contributed by atoms with Crippen LogP contribution in [0.1, 0.15) is 18.4 Å². The van der Waals surface area contributed by atoms with Gasteiger partial charge >= 0.3 is 12.1 Å². The van der Waals surface area contributed by atoms with Gasteiger partial charge in [0, 0.05) is 26.2 Å². The van der Waals surface area contributed by atoms with Crippen LogP contribution in [0.15, 0.2) is 30.3 Å². The van der Waals surface area contributed by atoms with Crippen LogP contribution in [-0.2, 0) is 16.1 Å².